The summed E-state index contributed by atoms with van der Waals surface area (Å²) in [5.74, 6) is 0.0407. The van der Waals surface area contributed by atoms with Gasteiger partial charge in [0.1, 0.15) is 0 Å². The number of nitrogens with one attached hydrogen (secondary N) is 1. The topological polar surface area (TPSA) is 30.5 Å². The molecule has 0 spiro atoms. The Morgan fingerprint density at radius 2 is 1.86 bits per heavy atom. The van der Waals surface area contributed by atoms with Gasteiger partial charge in [-0.25, -0.2) is 0 Å². The summed E-state index contributed by atoms with van der Waals surface area (Å²) in [5.41, 5.74) is 2.64. The molecule has 0 saturated carbocycles. The maximum Gasteiger partial charge on any atom is 0.586 e. The van der Waals surface area contributed by atoms with E-state index >= 15 is 0 Å². The molecule has 0 amide bonds. The molecule has 3 nitrogen and oxygen atoms in total. The van der Waals surface area contributed by atoms with E-state index in [1.54, 1.807) is 6.07 Å². The molecule has 6 heteroatoms. The van der Waals surface area contributed by atoms with Gasteiger partial charge in [0.15, 0.2) is 11.5 Å². The van der Waals surface area contributed by atoms with Crippen LogP contribution in [0.5, 0.6) is 11.5 Å². The van der Waals surface area contributed by atoms with Crippen LogP contribution >= 0.6 is 11.6 Å². The van der Waals surface area contributed by atoms with E-state index in [4.69, 9.17) is 11.6 Å². The van der Waals surface area contributed by atoms with Crippen molar-refractivity contribution in [1.29, 1.82) is 0 Å². The van der Waals surface area contributed by atoms with Crippen LogP contribution in [0.15, 0.2) is 36.4 Å². The Balaban J connectivity index is 1.72. The number of benzene rings is 2. The third-order valence-corrected chi connectivity index (χ3v) is 3.44. The van der Waals surface area contributed by atoms with Gasteiger partial charge in [-0.05, 0) is 36.2 Å². The summed E-state index contributed by atoms with van der Waals surface area (Å²) in [6.45, 7) is 2.44. The second-order valence-electron chi connectivity index (χ2n) is 4.78. The molecule has 2 aromatic carbocycles. The van der Waals surface area contributed by atoms with Gasteiger partial charge in [-0.2, -0.15) is 0 Å². The van der Waals surface area contributed by atoms with Crippen LogP contribution in [0.1, 0.15) is 11.1 Å². The third-order valence-electron chi connectivity index (χ3n) is 3.09. The highest BCUT2D eigenvalue weighted by molar-refractivity contribution is 6.31. The van der Waals surface area contributed by atoms with E-state index in [0.717, 1.165) is 11.1 Å². The maximum atomic E-state index is 12.9. The van der Waals surface area contributed by atoms with Crippen molar-refractivity contribution in [1.82, 2.24) is 0 Å². The summed E-state index contributed by atoms with van der Waals surface area (Å²) in [6, 6.07) is 10.3. The molecule has 0 bridgehead atoms. The van der Waals surface area contributed by atoms with Gasteiger partial charge in [-0.15, -0.1) is 8.78 Å². The van der Waals surface area contributed by atoms with Gasteiger partial charge in [-0.1, -0.05) is 23.7 Å². The van der Waals surface area contributed by atoms with E-state index in [2.05, 4.69) is 14.8 Å². The first kappa shape index (κ1) is 13.9. The van der Waals surface area contributed by atoms with Crippen LogP contribution in [0.2, 0.25) is 5.02 Å². The van der Waals surface area contributed by atoms with Crippen LogP contribution in [0.25, 0.3) is 0 Å². The van der Waals surface area contributed by atoms with Gasteiger partial charge in [0, 0.05) is 23.3 Å². The van der Waals surface area contributed by atoms with Crippen molar-refractivity contribution in [3.05, 3.63) is 52.5 Å². The summed E-state index contributed by atoms with van der Waals surface area (Å²) in [7, 11) is 0. The number of hydrogen-bond acceptors (Lipinski definition) is 3. The van der Waals surface area contributed by atoms with E-state index in [-0.39, 0.29) is 11.5 Å². The molecule has 1 heterocycles. The molecule has 110 valence electrons. The molecule has 3 rings (SSSR count). The quantitative estimate of drug-likeness (QED) is 0.900. The molecule has 1 N–H and O–H groups in total. The average Bonchev–Trinajstić information content (AvgIpc) is 2.70. The number of alkyl halides is 2. The number of rotatable bonds is 3. The minimum atomic E-state index is -3.60. The minimum Gasteiger partial charge on any atom is -0.395 e. The summed E-state index contributed by atoms with van der Waals surface area (Å²) >= 11 is 6.14. The molecular weight excluding hydrogens is 300 g/mol. The summed E-state index contributed by atoms with van der Waals surface area (Å²) in [5, 5.41) is 3.78. The lowest BCUT2D eigenvalue weighted by Gasteiger charge is -2.09. The van der Waals surface area contributed by atoms with Crippen molar-refractivity contribution in [2.75, 3.05) is 5.32 Å². The molecule has 21 heavy (non-hydrogen) atoms. The van der Waals surface area contributed by atoms with Gasteiger partial charge in [0.05, 0.1) is 0 Å². The maximum absolute atomic E-state index is 12.9. The summed E-state index contributed by atoms with van der Waals surface area (Å²) in [6.07, 6.45) is -3.60. The van der Waals surface area contributed by atoms with Crippen molar-refractivity contribution in [2.45, 2.75) is 19.8 Å². The normalized spacial score (nSPS) is 15.0. The fourth-order valence-electron chi connectivity index (χ4n) is 2.05. The number of anilines is 1. The molecule has 0 fully saturated rings. The average molecular weight is 312 g/mol. The van der Waals surface area contributed by atoms with Gasteiger partial charge in [0.25, 0.3) is 0 Å². The first-order valence-electron chi connectivity index (χ1n) is 6.32. The smallest absolute Gasteiger partial charge is 0.395 e. The predicted octanol–water partition coefficient (Wildman–Crippen LogP) is 4.58. The predicted molar refractivity (Wildman–Crippen MR) is 76.2 cm³/mol. The van der Waals surface area contributed by atoms with Crippen LogP contribution in [-0.4, -0.2) is 6.29 Å². The first-order chi connectivity index (χ1) is 9.93. The molecule has 1 aliphatic rings. The molecule has 0 saturated heterocycles. The molecule has 0 aliphatic carbocycles. The summed E-state index contributed by atoms with van der Waals surface area (Å²) < 4.78 is 34.6. The van der Waals surface area contributed by atoms with Gasteiger partial charge < -0.3 is 14.8 Å². The number of ether oxygens (including phenoxy) is 2. The van der Waals surface area contributed by atoms with Gasteiger partial charge in [0.2, 0.25) is 0 Å². The largest absolute Gasteiger partial charge is 0.586 e. The lowest BCUT2D eigenvalue weighted by Crippen LogP contribution is -2.25. The van der Waals surface area contributed by atoms with E-state index in [1.807, 2.05) is 25.1 Å². The zero-order valence-corrected chi connectivity index (χ0v) is 11.9. The van der Waals surface area contributed by atoms with E-state index < -0.39 is 6.29 Å². The van der Waals surface area contributed by atoms with Crippen molar-refractivity contribution in [3.8, 4) is 11.5 Å². The molecule has 0 unspecified atom stereocenters. The molecule has 1 aliphatic heterocycles. The van der Waals surface area contributed by atoms with Crippen molar-refractivity contribution in [3.63, 3.8) is 0 Å². The second kappa shape index (κ2) is 5.07. The fourth-order valence-corrected chi connectivity index (χ4v) is 2.35. The van der Waals surface area contributed by atoms with Crippen LogP contribution in [-0.2, 0) is 6.54 Å². The fraction of sp³-hybridized carbons (Fsp3) is 0.200. The second-order valence-corrected chi connectivity index (χ2v) is 5.18. The highest BCUT2D eigenvalue weighted by Crippen LogP contribution is 2.42. The van der Waals surface area contributed by atoms with Crippen LogP contribution in [0.3, 0.4) is 0 Å². The molecule has 0 aromatic heterocycles. The van der Waals surface area contributed by atoms with Gasteiger partial charge in [-0.3, -0.25) is 0 Å². The SMILES string of the molecule is Cc1ccc(CNc2ccc3c(c2)OC(F)(F)O3)c(Cl)c1. The Bertz CT molecular complexity index is 691. The number of fused-ring (bicyclic) bond motifs is 1. The molecular formula is C15H12ClF2NO2. The van der Waals surface area contributed by atoms with Gasteiger partial charge >= 0.3 is 6.29 Å². The Hall–Kier alpha value is -2.01. The monoisotopic (exact) mass is 311 g/mol. The van der Waals surface area contributed by atoms with Crippen molar-refractivity contribution < 1.29 is 18.3 Å². The molecule has 0 radical (unpaired) electrons. The number of aryl methyl sites for hydroxylation is 1. The molecule has 2 aromatic rings. The molecule has 0 atom stereocenters. The van der Waals surface area contributed by atoms with Crippen LogP contribution in [0.4, 0.5) is 14.5 Å². The number of halogens is 3. The van der Waals surface area contributed by atoms with Crippen molar-refractivity contribution in [2.24, 2.45) is 0 Å². The Kier molecular flexibility index (Phi) is 3.37. The first-order valence-corrected chi connectivity index (χ1v) is 6.69. The third kappa shape index (κ3) is 3.03. The van der Waals surface area contributed by atoms with E-state index in [1.165, 1.54) is 12.1 Å². The van der Waals surface area contributed by atoms with Crippen LogP contribution in [0, 0.1) is 6.92 Å². The van der Waals surface area contributed by atoms with E-state index in [9.17, 15) is 8.78 Å². The summed E-state index contributed by atoms with van der Waals surface area (Å²) in [4.78, 5) is 0. The minimum absolute atomic E-state index is 0.0139. The van der Waals surface area contributed by atoms with Crippen molar-refractivity contribution >= 4 is 17.3 Å². The highest BCUT2D eigenvalue weighted by atomic mass is 35.5. The Labute approximate surface area is 125 Å². The Morgan fingerprint density at radius 3 is 2.62 bits per heavy atom. The lowest BCUT2D eigenvalue weighted by atomic mass is 10.1. The zero-order valence-electron chi connectivity index (χ0n) is 11.1. The zero-order chi connectivity index (χ0) is 15.0. The number of hydrogen-bond donors (Lipinski definition) is 1. The van der Waals surface area contributed by atoms with Crippen LogP contribution < -0.4 is 14.8 Å². The Morgan fingerprint density at radius 1 is 1.10 bits per heavy atom. The standard InChI is InChI=1S/C15H12ClF2NO2/c1-9-2-3-10(12(16)6-9)8-19-11-4-5-13-14(7-11)21-15(17,18)20-13/h2-7,19H,8H2,1H3. The van der Waals surface area contributed by atoms with E-state index in [0.29, 0.717) is 17.3 Å². The lowest BCUT2D eigenvalue weighted by molar-refractivity contribution is -0.286. The highest BCUT2D eigenvalue weighted by Gasteiger charge is 2.43.